The van der Waals surface area contributed by atoms with Crippen LogP contribution >= 0.6 is 0 Å². The monoisotopic (exact) mass is 168 g/mol. The van der Waals surface area contributed by atoms with Gasteiger partial charge < -0.3 is 10.6 Å². The first-order chi connectivity index (χ1) is 5.95. The van der Waals surface area contributed by atoms with Gasteiger partial charge in [0.2, 0.25) is 0 Å². The van der Waals surface area contributed by atoms with Crippen molar-refractivity contribution in [1.29, 1.82) is 0 Å². The minimum atomic E-state index is 0.810. The molecule has 2 rings (SSSR count). The summed E-state index contributed by atoms with van der Waals surface area (Å²) in [5, 5.41) is 7.04. The van der Waals surface area contributed by atoms with Crippen molar-refractivity contribution in [2.24, 2.45) is 5.92 Å². The van der Waals surface area contributed by atoms with E-state index in [1.54, 1.807) is 0 Å². The minimum absolute atomic E-state index is 0.810. The summed E-state index contributed by atoms with van der Waals surface area (Å²) in [4.78, 5) is 0. The molecule has 0 spiro atoms. The highest BCUT2D eigenvalue weighted by Gasteiger charge is 2.21. The van der Waals surface area contributed by atoms with Gasteiger partial charge in [0, 0.05) is 6.04 Å². The second kappa shape index (κ2) is 4.24. The highest BCUT2D eigenvalue weighted by atomic mass is 15.0. The standard InChI is InChI=1S/C10H20N2/c1-2-9(1)3-8-12-10-4-6-11-7-5-10/h9-12H,1-8H2. The van der Waals surface area contributed by atoms with Crippen LogP contribution in [0.2, 0.25) is 0 Å². The zero-order chi connectivity index (χ0) is 8.23. The van der Waals surface area contributed by atoms with Gasteiger partial charge in [-0.25, -0.2) is 0 Å². The van der Waals surface area contributed by atoms with Crippen molar-refractivity contribution in [2.45, 2.75) is 38.1 Å². The molecule has 0 amide bonds. The van der Waals surface area contributed by atoms with Crippen LogP contribution < -0.4 is 10.6 Å². The minimum Gasteiger partial charge on any atom is -0.317 e. The summed E-state index contributed by atoms with van der Waals surface area (Å²) in [6.45, 7) is 3.68. The molecule has 0 aromatic heterocycles. The maximum absolute atomic E-state index is 3.65. The molecule has 2 aliphatic rings. The molecule has 70 valence electrons. The highest BCUT2D eigenvalue weighted by Crippen LogP contribution is 2.31. The average molecular weight is 168 g/mol. The van der Waals surface area contributed by atoms with Crippen molar-refractivity contribution in [3.63, 3.8) is 0 Å². The van der Waals surface area contributed by atoms with Crippen LogP contribution in [0.5, 0.6) is 0 Å². The topological polar surface area (TPSA) is 24.1 Å². The van der Waals surface area contributed by atoms with Crippen molar-refractivity contribution in [1.82, 2.24) is 10.6 Å². The Kier molecular flexibility index (Phi) is 3.01. The Morgan fingerprint density at radius 2 is 1.83 bits per heavy atom. The molecule has 1 heterocycles. The SMILES string of the molecule is C1CC(NCCC2CC2)CCN1. The van der Waals surface area contributed by atoms with E-state index in [2.05, 4.69) is 10.6 Å². The molecule has 0 bridgehead atoms. The van der Waals surface area contributed by atoms with Crippen LogP contribution in [0, 0.1) is 5.92 Å². The molecule has 0 atom stereocenters. The van der Waals surface area contributed by atoms with Crippen molar-refractivity contribution in [3.8, 4) is 0 Å². The molecule has 0 aromatic rings. The molecule has 12 heavy (non-hydrogen) atoms. The third-order valence-electron chi connectivity index (χ3n) is 3.02. The summed E-state index contributed by atoms with van der Waals surface area (Å²) in [6, 6.07) is 0.810. The molecule has 1 saturated carbocycles. The first-order valence-corrected chi connectivity index (χ1v) is 5.39. The van der Waals surface area contributed by atoms with Gasteiger partial charge in [-0.2, -0.15) is 0 Å². The lowest BCUT2D eigenvalue weighted by Gasteiger charge is -2.23. The summed E-state index contributed by atoms with van der Waals surface area (Å²) in [7, 11) is 0. The van der Waals surface area contributed by atoms with Gasteiger partial charge in [0.15, 0.2) is 0 Å². The number of piperidine rings is 1. The Hall–Kier alpha value is -0.0800. The van der Waals surface area contributed by atoms with E-state index < -0.39 is 0 Å². The number of nitrogens with one attached hydrogen (secondary N) is 2. The number of rotatable bonds is 4. The van der Waals surface area contributed by atoms with Gasteiger partial charge in [0.1, 0.15) is 0 Å². The van der Waals surface area contributed by atoms with Crippen LogP contribution in [-0.4, -0.2) is 25.7 Å². The molecule has 2 heteroatoms. The predicted octanol–water partition coefficient (Wildman–Crippen LogP) is 1.13. The largest absolute Gasteiger partial charge is 0.317 e. The molecule has 2 N–H and O–H groups in total. The van der Waals surface area contributed by atoms with Gasteiger partial charge in [-0.05, 0) is 44.8 Å². The van der Waals surface area contributed by atoms with Crippen molar-refractivity contribution < 1.29 is 0 Å². The number of hydrogen-bond acceptors (Lipinski definition) is 2. The highest BCUT2D eigenvalue weighted by molar-refractivity contribution is 4.77. The van der Waals surface area contributed by atoms with Crippen LogP contribution in [0.4, 0.5) is 0 Å². The summed E-state index contributed by atoms with van der Waals surface area (Å²) in [6.07, 6.45) is 7.06. The van der Waals surface area contributed by atoms with Crippen LogP contribution in [0.1, 0.15) is 32.1 Å². The van der Waals surface area contributed by atoms with Crippen molar-refractivity contribution in [3.05, 3.63) is 0 Å². The zero-order valence-electron chi connectivity index (χ0n) is 7.81. The van der Waals surface area contributed by atoms with Crippen LogP contribution in [0.25, 0.3) is 0 Å². The van der Waals surface area contributed by atoms with E-state index in [1.807, 2.05) is 0 Å². The van der Waals surface area contributed by atoms with Gasteiger partial charge in [0.05, 0.1) is 0 Å². The lowest BCUT2D eigenvalue weighted by molar-refractivity contribution is 0.383. The Bertz CT molecular complexity index is 126. The second-order valence-electron chi connectivity index (χ2n) is 4.21. The molecule has 1 aliphatic carbocycles. The number of hydrogen-bond donors (Lipinski definition) is 2. The summed E-state index contributed by atoms with van der Waals surface area (Å²) in [5.74, 6) is 1.08. The summed E-state index contributed by atoms with van der Waals surface area (Å²) >= 11 is 0. The fourth-order valence-electron chi connectivity index (χ4n) is 1.92. The quantitative estimate of drug-likeness (QED) is 0.657. The molecular weight excluding hydrogens is 148 g/mol. The Morgan fingerprint density at radius 3 is 2.50 bits per heavy atom. The van der Waals surface area contributed by atoms with Gasteiger partial charge in [0.25, 0.3) is 0 Å². The third-order valence-corrected chi connectivity index (χ3v) is 3.02. The van der Waals surface area contributed by atoms with Crippen LogP contribution in [-0.2, 0) is 0 Å². The maximum Gasteiger partial charge on any atom is 0.00912 e. The lowest BCUT2D eigenvalue weighted by atomic mass is 10.1. The molecule has 0 radical (unpaired) electrons. The predicted molar refractivity (Wildman–Crippen MR) is 51.2 cm³/mol. The Labute approximate surface area is 75.1 Å². The molecular formula is C10H20N2. The Morgan fingerprint density at radius 1 is 1.08 bits per heavy atom. The van der Waals surface area contributed by atoms with E-state index in [0.29, 0.717) is 0 Å². The molecule has 1 saturated heterocycles. The van der Waals surface area contributed by atoms with E-state index in [9.17, 15) is 0 Å². The van der Waals surface area contributed by atoms with Crippen LogP contribution in [0.3, 0.4) is 0 Å². The van der Waals surface area contributed by atoms with Gasteiger partial charge >= 0.3 is 0 Å². The fourth-order valence-corrected chi connectivity index (χ4v) is 1.92. The first-order valence-electron chi connectivity index (χ1n) is 5.39. The van der Waals surface area contributed by atoms with Gasteiger partial charge in [-0.15, -0.1) is 0 Å². The molecule has 0 aromatic carbocycles. The van der Waals surface area contributed by atoms with Gasteiger partial charge in [-0.1, -0.05) is 12.8 Å². The van der Waals surface area contributed by atoms with E-state index in [-0.39, 0.29) is 0 Å². The van der Waals surface area contributed by atoms with Gasteiger partial charge in [-0.3, -0.25) is 0 Å². The maximum atomic E-state index is 3.65. The molecule has 0 unspecified atom stereocenters. The van der Waals surface area contributed by atoms with E-state index in [1.165, 1.54) is 51.7 Å². The summed E-state index contributed by atoms with van der Waals surface area (Å²) in [5.41, 5.74) is 0. The smallest absolute Gasteiger partial charge is 0.00912 e. The van der Waals surface area contributed by atoms with Crippen molar-refractivity contribution >= 4 is 0 Å². The molecule has 2 fully saturated rings. The zero-order valence-corrected chi connectivity index (χ0v) is 7.81. The van der Waals surface area contributed by atoms with Crippen LogP contribution in [0.15, 0.2) is 0 Å². The average Bonchev–Trinajstić information content (AvgIpc) is 2.90. The second-order valence-corrected chi connectivity index (χ2v) is 4.21. The fraction of sp³-hybridized carbons (Fsp3) is 1.00. The third kappa shape index (κ3) is 2.76. The summed E-state index contributed by atoms with van der Waals surface area (Å²) < 4.78 is 0. The molecule has 1 aliphatic heterocycles. The normalized spacial score (nSPS) is 26.0. The first kappa shape index (κ1) is 8.52. The van der Waals surface area contributed by atoms with E-state index in [0.717, 1.165) is 12.0 Å². The Balaban J connectivity index is 1.52. The molecule has 2 nitrogen and oxygen atoms in total. The van der Waals surface area contributed by atoms with Crippen molar-refractivity contribution in [2.75, 3.05) is 19.6 Å². The van der Waals surface area contributed by atoms with E-state index >= 15 is 0 Å². The van der Waals surface area contributed by atoms with E-state index in [4.69, 9.17) is 0 Å². The lowest BCUT2D eigenvalue weighted by Crippen LogP contribution is -2.40.